The Kier molecular flexibility index (Phi) is 4.86. The van der Waals surface area contributed by atoms with Crippen LogP contribution in [0.2, 0.25) is 0 Å². The van der Waals surface area contributed by atoms with E-state index in [-0.39, 0.29) is 13.1 Å². The first-order valence-corrected chi connectivity index (χ1v) is 8.68. The molecule has 3 amide bonds. The summed E-state index contributed by atoms with van der Waals surface area (Å²) in [7, 11) is 0. The highest BCUT2D eigenvalue weighted by molar-refractivity contribution is 5.99. The number of carboxylic acid groups (broad SMARTS) is 1. The van der Waals surface area contributed by atoms with Crippen molar-refractivity contribution < 1.29 is 24.6 Å². The third kappa shape index (κ3) is 3.01. The van der Waals surface area contributed by atoms with E-state index in [2.05, 4.69) is 5.32 Å². The molecule has 3 N–H and O–H groups in total. The number of benzene rings is 1. The Morgan fingerprint density at radius 2 is 2.00 bits per heavy atom. The molecule has 8 heteroatoms. The third-order valence-corrected chi connectivity index (χ3v) is 5.18. The van der Waals surface area contributed by atoms with Crippen LogP contribution in [0, 0.1) is 0 Å². The minimum Gasteiger partial charge on any atom is -0.465 e. The molecule has 1 spiro atoms. The maximum Gasteiger partial charge on any atom is 0.408 e. The van der Waals surface area contributed by atoms with Gasteiger partial charge in [-0.3, -0.25) is 14.5 Å². The van der Waals surface area contributed by atoms with Crippen molar-refractivity contribution in [1.29, 1.82) is 0 Å². The summed E-state index contributed by atoms with van der Waals surface area (Å²) < 4.78 is 0. The van der Waals surface area contributed by atoms with E-state index in [4.69, 9.17) is 0 Å². The molecule has 26 heavy (non-hydrogen) atoms. The number of amides is 3. The molecule has 1 aromatic carbocycles. The van der Waals surface area contributed by atoms with E-state index in [0.29, 0.717) is 19.4 Å². The fourth-order valence-corrected chi connectivity index (χ4v) is 3.88. The molecule has 3 atom stereocenters. The van der Waals surface area contributed by atoms with E-state index in [9.17, 15) is 24.6 Å². The number of hydrogen-bond acceptors (Lipinski definition) is 4. The Morgan fingerprint density at radius 1 is 1.31 bits per heavy atom. The van der Waals surface area contributed by atoms with Crippen LogP contribution < -0.4 is 5.32 Å². The number of aliphatic hydroxyl groups is 1. The quantitative estimate of drug-likeness (QED) is 0.658. The zero-order chi connectivity index (χ0) is 18.9. The molecule has 2 aliphatic rings. The Labute approximate surface area is 151 Å². The lowest BCUT2D eigenvalue weighted by Crippen LogP contribution is -2.77. The molecule has 8 nitrogen and oxygen atoms in total. The van der Waals surface area contributed by atoms with Gasteiger partial charge in [0.05, 0.1) is 12.6 Å². The second-order valence-electron chi connectivity index (χ2n) is 6.89. The molecule has 0 radical (unpaired) electrons. The minimum absolute atomic E-state index is 0.131. The van der Waals surface area contributed by atoms with Crippen LogP contribution in [0.1, 0.15) is 25.3 Å². The summed E-state index contributed by atoms with van der Waals surface area (Å²) in [4.78, 5) is 39.1. The van der Waals surface area contributed by atoms with E-state index >= 15 is 0 Å². The molecule has 2 aliphatic heterocycles. The lowest BCUT2D eigenvalue weighted by atomic mass is 9.83. The average Bonchev–Trinajstić information content (AvgIpc) is 3.07. The predicted molar refractivity (Wildman–Crippen MR) is 92.2 cm³/mol. The van der Waals surface area contributed by atoms with Crippen LogP contribution in [0.15, 0.2) is 30.3 Å². The summed E-state index contributed by atoms with van der Waals surface area (Å²) in [5.74, 6) is -0.856. The number of carbonyl (C=O) groups excluding carboxylic acids is 2. The molecule has 3 rings (SSSR count). The van der Waals surface area contributed by atoms with Gasteiger partial charge in [0.2, 0.25) is 5.91 Å². The number of nitrogens with zero attached hydrogens (tertiary/aromatic N) is 2. The first-order chi connectivity index (χ1) is 12.4. The molecule has 1 aromatic rings. The number of nitrogens with one attached hydrogen (secondary N) is 1. The molecule has 140 valence electrons. The Hall–Kier alpha value is -2.61. The van der Waals surface area contributed by atoms with Crippen LogP contribution >= 0.6 is 0 Å². The van der Waals surface area contributed by atoms with E-state index in [1.54, 1.807) is 0 Å². The van der Waals surface area contributed by atoms with Gasteiger partial charge in [0, 0.05) is 13.1 Å². The Morgan fingerprint density at radius 3 is 2.58 bits per heavy atom. The van der Waals surface area contributed by atoms with Crippen LogP contribution in [0.4, 0.5) is 4.79 Å². The van der Waals surface area contributed by atoms with Crippen molar-refractivity contribution in [3.63, 3.8) is 0 Å². The fraction of sp³-hybridized carbons (Fsp3) is 0.500. The first-order valence-electron chi connectivity index (χ1n) is 8.68. The summed E-state index contributed by atoms with van der Waals surface area (Å²) in [6, 6.07) is 8.29. The normalized spacial score (nSPS) is 24.3. The maximum absolute atomic E-state index is 12.8. The van der Waals surface area contributed by atoms with Gasteiger partial charge in [0.15, 0.2) is 0 Å². The largest absolute Gasteiger partial charge is 0.465 e. The van der Waals surface area contributed by atoms with Gasteiger partial charge in [-0.05, 0) is 25.3 Å². The van der Waals surface area contributed by atoms with Crippen LogP contribution in [0.3, 0.4) is 0 Å². The van der Waals surface area contributed by atoms with E-state index in [1.165, 1.54) is 11.8 Å². The van der Waals surface area contributed by atoms with Crippen molar-refractivity contribution in [3.8, 4) is 0 Å². The first kappa shape index (κ1) is 18.2. The van der Waals surface area contributed by atoms with Crippen molar-refractivity contribution in [1.82, 2.24) is 15.1 Å². The third-order valence-electron chi connectivity index (χ3n) is 5.18. The van der Waals surface area contributed by atoms with Crippen LogP contribution in [-0.2, 0) is 16.1 Å². The lowest BCUT2D eigenvalue weighted by Gasteiger charge is -2.53. The summed E-state index contributed by atoms with van der Waals surface area (Å²) in [6.07, 6.45) is -1.12. The average molecular weight is 361 g/mol. The maximum atomic E-state index is 12.8. The van der Waals surface area contributed by atoms with Gasteiger partial charge in [-0.15, -0.1) is 0 Å². The van der Waals surface area contributed by atoms with Gasteiger partial charge in [-0.1, -0.05) is 30.3 Å². The van der Waals surface area contributed by atoms with Gasteiger partial charge in [-0.25, -0.2) is 4.79 Å². The number of rotatable bonds is 5. The SMILES string of the molecule is C[C@@H](O)[C@@H](C(=O)NCc1ccccc1)N1CC2(CCCN2C(=O)O)C1=O. The van der Waals surface area contributed by atoms with E-state index in [0.717, 1.165) is 10.5 Å². The zero-order valence-corrected chi connectivity index (χ0v) is 14.6. The topological polar surface area (TPSA) is 110 Å². The molecule has 2 heterocycles. The predicted octanol–water partition coefficient (Wildman–Crippen LogP) is 0.407. The van der Waals surface area contributed by atoms with Crippen LogP contribution in [0.25, 0.3) is 0 Å². The number of likely N-dealkylation sites (tertiary alicyclic amines) is 2. The Bertz CT molecular complexity index is 708. The smallest absolute Gasteiger partial charge is 0.408 e. The molecular formula is C18H23N3O5. The van der Waals surface area contributed by atoms with Crippen molar-refractivity contribution in [2.45, 2.75) is 44.0 Å². The zero-order valence-electron chi connectivity index (χ0n) is 14.6. The van der Waals surface area contributed by atoms with Gasteiger partial charge >= 0.3 is 6.09 Å². The molecular weight excluding hydrogens is 338 g/mol. The molecule has 1 unspecified atom stereocenters. The van der Waals surface area contributed by atoms with E-state index < -0.39 is 35.6 Å². The Balaban J connectivity index is 1.68. The lowest BCUT2D eigenvalue weighted by molar-refractivity contribution is -0.171. The summed E-state index contributed by atoms with van der Waals surface area (Å²) in [6.45, 7) is 2.19. The monoisotopic (exact) mass is 361 g/mol. The van der Waals surface area contributed by atoms with Crippen molar-refractivity contribution in [2.24, 2.45) is 0 Å². The minimum atomic E-state index is -1.13. The molecule has 0 saturated carbocycles. The second-order valence-corrected chi connectivity index (χ2v) is 6.89. The van der Waals surface area contributed by atoms with Crippen molar-refractivity contribution in [2.75, 3.05) is 13.1 Å². The molecule has 0 aromatic heterocycles. The van der Waals surface area contributed by atoms with Crippen molar-refractivity contribution in [3.05, 3.63) is 35.9 Å². The summed E-state index contributed by atoms with van der Waals surface area (Å²) >= 11 is 0. The van der Waals surface area contributed by atoms with Gasteiger partial charge < -0.3 is 20.4 Å². The van der Waals surface area contributed by atoms with Crippen molar-refractivity contribution >= 4 is 17.9 Å². The highest BCUT2D eigenvalue weighted by atomic mass is 16.4. The van der Waals surface area contributed by atoms with Gasteiger partial charge in [-0.2, -0.15) is 0 Å². The van der Waals surface area contributed by atoms with Gasteiger partial charge in [0.1, 0.15) is 11.6 Å². The molecule has 2 fully saturated rings. The van der Waals surface area contributed by atoms with E-state index in [1.807, 2.05) is 30.3 Å². The molecule has 2 saturated heterocycles. The number of β-lactam (4-membered cyclic amide) rings is 1. The molecule has 0 bridgehead atoms. The summed E-state index contributed by atoms with van der Waals surface area (Å²) in [5, 5.41) is 22.1. The number of carbonyl (C=O) groups is 3. The molecule has 0 aliphatic carbocycles. The number of hydrogen-bond donors (Lipinski definition) is 3. The highest BCUT2D eigenvalue weighted by Gasteiger charge is 2.62. The fourth-order valence-electron chi connectivity index (χ4n) is 3.88. The highest BCUT2D eigenvalue weighted by Crippen LogP contribution is 2.40. The van der Waals surface area contributed by atoms with Gasteiger partial charge in [0.25, 0.3) is 5.91 Å². The summed E-state index contributed by atoms with van der Waals surface area (Å²) in [5.41, 5.74) is -0.164. The number of aliphatic hydroxyl groups excluding tert-OH is 1. The standard InChI is InChI=1S/C18H23N3O5/c1-12(22)14(15(23)19-10-13-6-3-2-4-7-13)20-11-18(16(20)24)8-5-9-21(18)17(25)26/h2-4,6-7,12,14,22H,5,8-11H2,1H3,(H,19,23)(H,25,26)/t12-,14+,18?/m1/s1. The van der Waals surface area contributed by atoms with Crippen LogP contribution in [-0.4, -0.2) is 68.7 Å². The van der Waals surface area contributed by atoms with Crippen LogP contribution in [0.5, 0.6) is 0 Å². The second kappa shape index (κ2) is 6.95.